The van der Waals surface area contributed by atoms with Crippen molar-refractivity contribution >= 4 is 35.5 Å². The van der Waals surface area contributed by atoms with Gasteiger partial charge in [0, 0.05) is 62.7 Å². The number of aromatic hydroxyl groups is 1. The van der Waals surface area contributed by atoms with Crippen LogP contribution in [0.25, 0.3) is 5.69 Å². The zero-order valence-corrected chi connectivity index (χ0v) is 29.2. The minimum Gasteiger partial charge on any atom is -0.506 e. The maximum atomic E-state index is 10.7. The van der Waals surface area contributed by atoms with Gasteiger partial charge in [-0.1, -0.05) is 53.1 Å². The molecular weight excluding hydrogens is 574 g/mol. The van der Waals surface area contributed by atoms with Crippen LogP contribution in [-0.4, -0.2) is 67.0 Å². The molecule has 8 nitrogen and oxygen atoms in total. The number of carbonyl (C=O) groups is 2. The van der Waals surface area contributed by atoms with E-state index in [4.69, 9.17) is 21.5 Å². The number of likely N-dealkylation sites (N-methyl/N-ethyl adjacent to an activating group) is 1. The number of rotatable bonds is 9. The first-order valence-electron chi connectivity index (χ1n) is 15.8. The lowest BCUT2D eigenvalue weighted by atomic mass is 10.1. The summed E-state index contributed by atoms with van der Waals surface area (Å²) < 4.78 is 2.14. The Morgan fingerprint density at radius 1 is 0.932 bits per heavy atom. The molecule has 2 heterocycles. The van der Waals surface area contributed by atoms with Crippen molar-refractivity contribution in [2.45, 2.75) is 74.1 Å². The van der Waals surface area contributed by atoms with Gasteiger partial charge in [0.25, 0.3) is 0 Å². The van der Waals surface area contributed by atoms with Crippen LogP contribution in [0.4, 0.5) is 11.4 Å². The SMILES string of the molecule is C=O.CC.CC.CCCNN(CC)CC(C)=O.CNc1ccc(O)c(Cl)c1.c1ccn(-c2ccc(N3CCCCC3)cc2)c1. The Bertz CT molecular complexity index is 1070. The minimum atomic E-state index is 0.112. The Balaban J connectivity index is 0. The van der Waals surface area contributed by atoms with Crippen molar-refractivity contribution in [3.63, 3.8) is 0 Å². The van der Waals surface area contributed by atoms with E-state index in [9.17, 15) is 4.79 Å². The molecule has 44 heavy (non-hydrogen) atoms. The summed E-state index contributed by atoms with van der Waals surface area (Å²) in [6, 6.07) is 17.9. The van der Waals surface area contributed by atoms with Crippen LogP contribution in [-0.2, 0) is 9.59 Å². The molecule has 0 radical (unpaired) electrons. The second-order valence-corrected chi connectivity index (χ2v) is 9.60. The number of phenols is 1. The van der Waals surface area contributed by atoms with Gasteiger partial charge in [-0.15, -0.1) is 0 Å². The van der Waals surface area contributed by atoms with Crippen molar-refractivity contribution in [1.29, 1.82) is 0 Å². The van der Waals surface area contributed by atoms with E-state index < -0.39 is 0 Å². The zero-order chi connectivity index (χ0) is 33.8. The summed E-state index contributed by atoms with van der Waals surface area (Å²) in [5.41, 5.74) is 6.65. The predicted molar refractivity (Wildman–Crippen MR) is 191 cm³/mol. The van der Waals surface area contributed by atoms with E-state index in [-0.39, 0.29) is 11.5 Å². The third kappa shape index (κ3) is 18.4. The molecule has 3 aromatic rings. The molecule has 1 aliphatic rings. The molecule has 0 saturated carbocycles. The maximum Gasteiger partial charge on any atom is 0.145 e. The number of ketones is 1. The summed E-state index contributed by atoms with van der Waals surface area (Å²) in [5.74, 6) is 0.316. The lowest BCUT2D eigenvalue weighted by molar-refractivity contribution is -0.118. The third-order valence-electron chi connectivity index (χ3n) is 6.09. The number of carbonyl (C=O) groups excluding carboxylic acids is 2. The number of hydrogen-bond donors (Lipinski definition) is 3. The smallest absolute Gasteiger partial charge is 0.145 e. The molecule has 4 rings (SSSR count). The molecule has 1 fully saturated rings. The fourth-order valence-corrected chi connectivity index (χ4v) is 4.16. The van der Waals surface area contributed by atoms with Gasteiger partial charge in [0.05, 0.1) is 11.6 Å². The average Bonchev–Trinajstić information content (AvgIpc) is 3.63. The lowest BCUT2D eigenvalue weighted by Gasteiger charge is -2.28. The normalized spacial score (nSPS) is 11.4. The van der Waals surface area contributed by atoms with E-state index >= 15 is 0 Å². The van der Waals surface area contributed by atoms with E-state index in [0.717, 1.165) is 25.2 Å². The van der Waals surface area contributed by atoms with Gasteiger partial charge < -0.3 is 24.7 Å². The number of aromatic nitrogens is 1. The van der Waals surface area contributed by atoms with Gasteiger partial charge >= 0.3 is 0 Å². The second-order valence-electron chi connectivity index (χ2n) is 9.19. The summed E-state index contributed by atoms with van der Waals surface area (Å²) in [7, 11) is 1.79. The van der Waals surface area contributed by atoms with Gasteiger partial charge in [-0.05, 0) is 87.2 Å². The van der Waals surface area contributed by atoms with Crippen LogP contribution >= 0.6 is 11.6 Å². The third-order valence-corrected chi connectivity index (χ3v) is 6.39. The number of benzene rings is 2. The zero-order valence-electron chi connectivity index (χ0n) is 28.4. The fraction of sp³-hybridized carbons (Fsp3) is 0.486. The van der Waals surface area contributed by atoms with Crippen molar-refractivity contribution in [3.05, 3.63) is 72.0 Å². The summed E-state index contributed by atoms with van der Waals surface area (Å²) in [6.45, 7) is 20.5. The molecule has 248 valence electrons. The number of nitrogens with zero attached hydrogens (tertiary/aromatic N) is 3. The van der Waals surface area contributed by atoms with Crippen molar-refractivity contribution < 1.29 is 14.7 Å². The summed E-state index contributed by atoms with van der Waals surface area (Å²) in [6.07, 6.45) is 9.30. The molecule has 0 spiro atoms. The lowest BCUT2D eigenvalue weighted by Crippen LogP contribution is -2.41. The van der Waals surface area contributed by atoms with Crippen molar-refractivity contribution in [2.24, 2.45) is 0 Å². The number of phenolic OH excluding ortho intramolecular Hbond substituents is 1. The van der Waals surface area contributed by atoms with Crippen LogP contribution in [0.5, 0.6) is 5.75 Å². The van der Waals surface area contributed by atoms with Gasteiger partial charge in [0.2, 0.25) is 0 Å². The molecule has 0 aliphatic carbocycles. The van der Waals surface area contributed by atoms with E-state index in [1.165, 1.54) is 43.7 Å². The quantitative estimate of drug-likeness (QED) is 0.162. The van der Waals surface area contributed by atoms with Crippen LogP contribution in [0.2, 0.25) is 5.02 Å². The van der Waals surface area contributed by atoms with Crippen LogP contribution in [0.1, 0.15) is 74.1 Å². The molecule has 0 unspecified atom stereocenters. The number of hydrogen-bond acceptors (Lipinski definition) is 7. The fourth-order valence-electron chi connectivity index (χ4n) is 3.97. The van der Waals surface area contributed by atoms with Gasteiger partial charge in [0.1, 0.15) is 18.3 Å². The van der Waals surface area contributed by atoms with Gasteiger partial charge in [-0.3, -0.25) is 10.2 Å². The molecule has 1 aliphatic heterocycles. The Morgan fingerprint density at radius 3 is 1.93 bits per heavy atom. The number of halogens is 1. The highest BCUT2D eigenvalue weighted by Crippen LogP contribution is 2.25. The summed E-state index contributed by atoms with van der Waals surface area (Å²) in [5, 5.41) is 14.2. The highest BCUT2D eigenvalue weighted by molar-refractivity contribution is 6.32. The van der Waals surface area contributed by atoms with Crippen LogP contribution in [0.3, 0.4) is 0 Å². The van der Waals surface area contributed by atoms with E-state index in [1.54, 1.807) is 32.2 Å². The van der Waals surface area contributed by atoms with Crippen LogP contribution in [0.15, 0.2) is 67.0 Å². The largest absolute Gasteiger partial charge is 0.506 e. The Labute approximate surface area is 272 Å². The van der Waals surface area contributed by atoms with E-state index in [0.29, 0.717) is 11.6 Å². The number of anilines is 2. The number of Topliss-reactive ketones (excluding diaryl/α,β-unsaturated/α-hetero) is 1. The molecule has 0 bridgehead atoms. The molecule has 0 amide bonds. The predicted octanol–water partition coefficient (Wildman–Crippen LogP) is 8.23. The summed E-state index contributed by atoms with van der Waals surface area (Å²) in [4.78, 5) is 21.2. The van der Waals surface area contributed by atoms with E-state index in [1.807, 2.05) is 46.4 Å². The number of hydrazine groups is 1. The Morgan fingerprint density at radius 2 is 1.48 bits per heavy atom. The first kappa shape index (κ1) is 42.8. The van der Waals surface area contributed by atoms with Crippen LogP contribution in [0, 0.1) is 0 Å². The molecule has 2 aromatic carbocycles. The highest BCUT2D eigenvalue weighted by Gasteiger charge is 2.10. The molecule has 1 saturated heterocycles. The molecule has 1 aromatic heterocycles. The standard InChI is InChI=1S/C15H18N2.C8H18N2O.C7H8ClNO.2C2H6.CH2O/c1-2-10-16(11-3-1)14-6-8-15(9-7-14)17-12-4-5-13-17;1-4-6-9-10(5-2)7-8(3)11;1-9-5-2-3-7(10)6(8)4-5;3*1-2/h4-9,12-13H,1-3,10-11H2;9H,4-7H2,1-3H3;2-4,9-10H,1H3;2*1-2H3;1H2. The first-order chi connectivity index (χ1) is 21.4. The molecule has 9 heteroatoms. The van der Waals surface area contributed by atoms with Gasteiger partial charge in [-0.2, -0.15) is 0 Å². The minimum absolute atomic E-state index is 0.112. The second kappa shape index (κ2) is 28.4. The monoisotopic (exact) mass is 631 g/mol. The molecule has 3 N–H and O–H groups in total. The van der Waals surface area contributed by atoms with Gasteiger partial charge in [-0.25, -0.2) is 5.01 Å². The first-order valence-corrected chi connectivity index (χ1v) is 16.2. The molecule has 0 atom stereocenters. The van der Waals surface area contributed by atoms with Crippen LogP contribution < -0.4 is 15.6 Å². The maximum absolute atomic E-state index is 10.7. The average molecular weight is 632 g/mol. The van der Waals surface area contributed by atoms with Crippen molar-refractivity contribution in [3.8, 4) is 11.4 Å². The van der Waals surface area contributed by atoms with E-state index in [2.05, 4.69) is 75.9 Å². The number of piperidine rings is 1. The highest BCUT2D eigenvalue weighted by atomic mass is 35.5. The summed E-state index contributed by atoms with van der Waals surface area (Å²) >= 11 is 5.60. The topological polar surface area (TPSA) is 89.8 Å². The van der Waals surface area contributed by atoms with Crippen molar-refractivity contribution in [2.75, 3.05) is 50.0 Å². The number of nitrogens with one attached hydrogen (secondary N) is 2. The Kier molecular flexibility index (Phi) is 27.7. The Hall–Kier alpha value is -3.33. The van der Waals surface area contributed by atoms with Gasteiger partial charge in [0.15, 0.2) is 0 Å². The van der Waals surface area contributed by atoms with Crippen molar-refractivity contribution in [1.82, 2.24) is 15.0 Å². The molecular formula is C35H58ClN5O3.